The highest BCUT2D eigenvalue weighted by Crippen LogP contribution is 2.17. The Bertz CT molecular complexity index is 441. The summed E-state index contributed by atoms with van der Waals surface area (Å²) in [6, 6.07) is 3.72. The first kappa shape index (κ1) is 16.5. The number of pyridine rings is 1. The first-order chi connectivity index (χ1) is 9.43. The van der Waals surface area contributed by atoms with Crippen molar-refractivity contribution in [1.29, 1.82) is 0 Å². The number of hydrogen-bond acceptors (Lipinski definition) is 3. The smallest absolute Gasteiger partial charge is 0.251 e. The van der Waals surface area contributed by atoms with E-state index in [1.54, 1.807) is 0 Å². The van der Waals surface area contributed by atoms with Crippen LogP contribution in [0.2, 0.25) is 0 Å². The molecule has 2 N–H and O–H groups in total. The minimum atomic E-state index is -0.0254. The van der Waals surface area contributed by atoms with Crippen molar-refractivity contribution in [2.75, 3.05) is 18.4 Å². The maximum atomic E-state index is 12.2. The molecule has 0 atom stereocenters. The van der Waals surface area contributed by atoms with E-state index in [9.17, 15) is 4.79 Å². The summed E-state index contributed by atoms with van der Waals surface area (Å²) in [6.45, 7) is 12.0. The van der Waals surface area contributed by atoms with Crippen molar-refractivity contribution in [3.8, 4) is 0 Å². The molecule has 1 aromatic heterocycles. The summed E-state index contributed by atoms with van der Waals surface area (Å²) in [7, 11) is 0. The van der Waals surface area contributed by atoms with Gasteiger partial charge < -0.3 is 10.6 Å². The largest absolute Gasteiger partial charge is 0.370 e. The van der Waals surface area contributed by atoms with Crippen LogP contribution in [0, 0.1) is 5.92 Å². The van der Waals surface area contributed by atoms with Gasteiger partial charge in [0.05, 0.1) is 0 Å². The number of nitrogens with zero attached hydrogens (tertiary/aromatic N) is 1. The van der Waals surface area contributed by atoms with Crippen molar-refractivity contribution in [3.05, 3.63) is 23.4 Å². The second-order valence-corrected chi connectivity index (χ2v) is 5.85. The zero-order chi connectivity index (χ0) is 15.1. The van der Waals surface area contributed by atoms with Gasteiger partial charge in [-0.15, -0.1) is 0 Å². The molecule has 112 valence electrons. The molecule has 1 heterocycles. The van der Waals surface area contributed by atoms with Crippen molar-refractivity contribution in [3.63, 3.8) is 0 Å². The SMILES string of the molecule is CCCNc1cc(C(=O)NCC(C)C)cc(C(C)C)n1. The van der Waals surface area contributed by atoms with E-state index in [1.807, 2.05) is 12.1 Å². The van der Waals surface area contributed by atoms with Gasteiger partial charge in [-0.25, -0.2) is 4.98 Å². The Morgan fingerprint density at radius 1 is 1.25 bits per heavy atom. The Balaban J connectivity index is 2.92. The molecule has 4 nitrogen and oxygen atoms in total. The quantitative estimate of drug-likeness (QED) is 0.803. The molecule has 0 unspecified atom stereocenters. The summed E-state index contributed by atoms with van der Waals surface area (Å²) in [6.07, 6.45) is 1.03. The highest BCUT2D eigenvalue weighted by atomic mass is 16.1. The van der Waals surface area contributed by atoms with Gasteiger partial charge in [0.25, 0.3) is 5.91 Å². The molecule has 0 aliphatic rings. The van der Waals surface area contributed by atoms with E-state index in [0.29, 0.717) is 23.9 Å². The molecule has 0 fully saturated rings. The lowest BCUT2D eigenvalue weighted by Crippen LogP contribution is -2.27. The minimum absolute atomic E-state index is 0.0254. The number of rotatable bonds is 7. The topological polar surface area (TPSA) is 54.0 Å². The molecule has 4 heteroatoms. The van der Waals surface area contributed by atoms with Gasteiger partial charge in [-0.05, 0) is 30.4 Å². The number of aromatic nitrogens is 1. The predicted molar refractivity (Wildman–Crippen MR) is 84.3 cm³/mol. The monoisotopic (exact) mass is 277 g/mol. The van der Waals surface area contributed by atoms with E-state index < -0.39 is 0 Å². The molecule has 0 aromatic carbocycles. The Morgan fingerprint density at radius 2 is 1.95 bits per heavy atom. The lowest BCUT2D eigenvalue weighted by Gasteiger charge is -2.13. The lowest BCUT2D eigenvalue weighted by atomic mass is 10.1. The minimum Gasteiger partial charge on any atom is -0.370 e. The van der Waals surface area contributed by atoms with Gasteiger partial charge >= 0.3 is 0 Å². The van der Waals surface area contributed by atoms with Crippen LogP contribution in [0.25, 0.3) is 0 Å². The summed E-state index contributed by atoms with van der Waals surface area (Å²) in [5.74, 6) is 1.51. The van der Waals surface area contributed by atoms with Crippen LogP contribution in [0.4, 0.5) is 5.82 Å². The summed E-state index contributed by atoms with van der Waals surface area (Å²) >= 11 is 0. The van der Waals surface area contributed by atoms with Gasteiger partial charge in [0, 0.05) is 24.3 Å². The molecule has 0 saturated carbocycles. The van der Waals surface area contributed by atoms with Crippen molar-refractivity contribution < 1.29 is 4.79 Å². The molecule has 0 spiro atoms. The maximum absolute atomic E-state index is 12.2. The molecule has 1 rings (SSSR count). The highest BCUT2D eigenvalue weighted by molar-refractivity contribution is 5.95. The molecule has 0 bridgehead atoms. The number of carbonyl (C=O) groups excluding carboxylic acids is 1. The Morgan fingerprint density at radius 3 is 2.50 bits per heavy atom. The van der Waals surface area contributed by atoms with Crippen molar-refractivity contribution in [2.24, 2.45) is 5.92 Å². The Labute approximate surface area is 122 Å². The van der Waals surface area contributed by atoms with Gasteiger partial charge in [0.1, 0.15) is 5.82 Å². The number of hydrogen-bond donors (Lipinski definition) is 2. The lowest BCUT2D eigenvalue weighted by molar-refractivity contribution is 0.0949. The molecule has 20 heavy (non-hydrogen) atoms. The van der Waals surface area contributed by atoms with Gasteiger partial charge in [-0.3, -0.25) is 4.79 Å². The Hall–Kier alpha value is -1.58. The second-order valence-electron chi connectivity index (χ2n) is 5.85. The summed E-state index contributed by atoms with van der Waals surface area (Å²) in [5, 5.41) is 6.21. The molecule has 0 aliphatic carbocycles. The third kappa shape index (κ3) is 5.19. The fraction of sp³-hybridized carbons (Fsp3) is 0.625. The van der Waals surface area contributed by atoms with Crippen molar-refractivity contribution in [2.45, 2.75) is 47.0 Å². The number of carbonyl (C=O) groups is 1. The van der Waals surface area contributed by atoms with Crippen LogP contribution in [0.15, 0.2) is 12.1 Å². The normalized spacial score (nSPS) is 10.9. The fourth-order valence-electron chi connectivity index (χ4n) is 1.72. The molecule has 0 aliphatic heterocycles. The van der Waals surface area contributed by atoms with E-state index >= 15 is 0 Å². The van der Waals surface area contributed by atoms with Gasteiger partial charge in [-0.2, -0.15) is 0 Å². The molecular formula is C16H27N3O. The van der Waals surface area contributed by atoms with Crippen molar-refractivity contribution in [1.82, 2.24) is 10.3 Å². The first-order valence-electron chi connectivity index (χ1n) is 7.48. The van der Waals surface area contributed by atoms with Gasteiger partial charge in [0.15, 0.2) is 0 Å². The van der Waals surface area contributed by atoms with Crippen LogP contribution in [-0.4, -0.2) is 24.0 Å². The summed E-state index contributed by atoms with van der Waals surface area (Å²) in [4.78, 5) is 16.7. The standard InChI is InChI=1S/C16H27N3O/c1-6-7-17-15-9-13(8-14(19-15)12(4)5)16(20)18-10-11(2)3/h8-9,11-12H,6-7,10H2,1-5H3,(H,17,19)(H,18,20). The third-order valence-electron chi connectivity index (χ3n) is 2.93. The van der Waals surface area contributed by atoms with Gasteiger partial charge in [0.2, 0.25) is 0 Å². The molecular weight excluding hydrogens is 250 g/mol. The number of amides is 1. The molecule has 0 saturated heterocycles. The van der Waals surface area contributed by atoms with E-state index in [-0.39, 0.29) is 5.91 Å². The van der Waals surface area contributed by atoms with E-state index in [2.05, 4.69) is 50.2 Å². The van der Waals surface area contributed by atoms with Gasteiger partial charge in [-0.1, -0.05) is 34.6 Å². The zero-order valence-electron chi connectivity index (χ0n) is 13.3. The van der Waals surface area contributed by atoms with Crippen LogP contribution >= 0.6 is 0 Å². The summed E-state index contributed by atoms with van der Waals surface area (Å²) < 4.78 is 0. The Kier molecular flexibility index (Phi) is 6.49. The summed E-state index contributed by atoms with van der Waals surface area (Å²) in [5.41, 5.74) is 1.63. The molecule has 0 radical (unpaired) electrons. The van der Waals surface area contributed by atoms with E-state index in [0.717, 1.165) is 24.5 Å². The van der Waals surface area contributed by atoms with Crippen molar-refractivity contribution >= 4 is 11.7 Å². The fourth-order valence-corrected chi connectivity index (χ4v) is 1.72. The van der Waals surface area contributed by atoms with Crippen LogP contribution in [0.1, 0.15) is 63.0 Å². The molecule has 1 amide bonds. The van der Waals surface area contributed by atoms with Crippen LogP contribution in [0.3, 0.4) is 0 Å². The third-order valence-corrected chi connectivity index (χ3v) is 2.93. The average Bonchev–Trinajstić information content (AvgIpc) is 2.41. The molecule has 1 aromatic rings. The average molecular weight is 277 g/mol. The van der Waals surface area contributed by atoms with Crippen LogP contribution in [0.5, 0.6) is 0 Å². The predicted octanol–water partition coefficient (Wildman–Crippen LogP) is 3.41. The maximum Gasteiger partial charge on any atom is 0.251 e. The second kappa shape index (κ2) is 7.88. The first-order valence-corrected chi connectivity index (χ1v) is 7.48. The van der Waals surface area contributed by atoms with E-state index in [1.165, 1.54) is 0 Å². The highest BCUT2D eigenvalue weighted by Gasteiger charge is 2.12. The van der Waals surface area contributed by atoms with E-state index in [4.69, 9.17) is 0 Å². The number of nitrogens with one attached hydrogen (secondary N) is 2. The van der Waals surface area contributed by atoms with Crippen LogP contribution in [-0.2, 0) is 0 Å². The van der Waals surface area contributed by atoms with Crippen LogP contribution < -0.4 is 10.6 Å². The number of anilines is 1. The zero-order valence-corrected chi connectivity index (χ0v) is 13.3.